The smallest absolute Gasteiger partial charge is 0.224 e. The third-order valence-electron chi connectivity index (χ3n) is 4.30. The third-order valence-corrected chi connectivity index (χ3v) is 4.30. The number of nitrogens with two attached hydrogens (primary N) is 1. The lowest BCUT2D eigenvalue weighted by atomic mass is 9.85. The number of piperidine rings is 1. The number of hydrogen-bond acceptors (Lipinski definition) is 4. The molecule has 3 N–H and O–H groups in total. The molecule has 1 amide bonds. The fourth-order valence-electron chi connectivity index (χ4n) is 2.54. The van der Waals surface area contributed by atoms with Crippen LogP contribution in [0.1, 0.15) is 40.0 Å². The molecule has 0 radical (unpaired) electrons. The minimum Gasteiger partial charge on any atom is -0.395 e. The summed E-state index contributed by atoms with van der Waals surface area (Å²) in [5, 5.41) is 9.23. The van der Waals surface area contributed by atoms with Crippen LogP contribution in [0.4, 0.5) is 0 Å². The lowest BCUT2D eigenvalue weighted by Gasteiger charge is -2.38. The van der Waals surface area contributed by atoms with Gasteiger partial charge in [0.1, 0.15) is 0 Å². The number of nitrogens with zero attached hydrogens (tertiary/aromatic N) is 2. The molecule has 0 spiro atoms. The maximum atomic E-state index is 12.5. The van der Waals surface area contributed by atoms with Crippen molar-refractivity contribution in [3.8, 4) is 0 Å². The highest BCUT2D eigenvalue weighted by Crippen LogP contribution is 2.22. The summed E-state index contributed by atoms with van der Waals surface area (Å²) >= 11 is 0. The van der Waals surface area contributed by atoms with Crippen LogP contribution in [0.2, 0.25) is 0 Å². The predicted octanol–water partition coefficient (Wildman–Crippen LogP) is 0.665. The highest BCUT2D eigenvalue weighted by molar-refractivity contribution is 5.77. The third kappa shape index (κ3) is 5.04. The monoisotopic (exact) mass is 285 g/mol. The molecule has 1 atom stereocenters. The molecular weight excluding hydrogens is 254 g/mol. The van der Waals surface area contributed by atoms with E-state index in [1.54, 1.807) is 0 Å². The molecule has 1 heterocycles. The van der Waals surface area contributed by atoms with Crippen LogP contribution in [0.25, 0.3) is 0 Å². The highest BCUT2D eigenvalue weighted by Gasteiger charge is 2.30. The van der Waals surface area contributed by atoms with E-state index in [1.807, 2.05) is 4.90 Å². The first kappa shape index (κ1) is 17.4. The Balaban J connectivity index is 2.63. The molecule has 0 aromatic rings. The van der Waals surface area contributed by atoms with Crippen LogP contribution in [-0.2, 0) is 4.79 Å². The van der Waals surface area contributed by atoms with Crippen LogP contribution in [0.5, 0.6) is 0 Å². The average Bonchev–Trinajstić information content (AvgIpc) is 2.36. The van der Waals surface area contributed by atoms with E-state index in [0.717, 1.165) is 25.9 Å². The van der Waals surface area contributed by atoms with Gasteiger partial charge in [0.25, 0.3) is 0 Å². The fourth-order valence-corrected chi connectivity index (χ4v) is 2.54. The van der Waals surface area contributed by atoms with Crippen LogP contribution in [0.15, 0.2) is 0 Å². The molecular formula is C15H31N3O2. The molecule has 0 aromatic carbocycles. The first-order valence-electron chi connectivity index (χ1n) is 7.60. The number of amides is 1. The number of carbonyl (C=O) groups is 1. The van der Waals surface area contributed by atoms with Crippen molar-refractivity contribution in [3.63, 3.8) is 0 Å². The van der Waals surface area contributed by atoms with E-state index in [4.69, 9.17) is 5.73 Å². The molecule has 0 saturated carbocycles. The standard InChI is InChI=1S/C15H31N3O2/c1-15(2,3)13(16)11-14(20)18(9-10-19)12-5-7-17(4)8-6-12/h12-13,19H,5-11,16H2,1-4H3. The number of aliphatic hydroxyl groups is 1. The Kier molecular flexibility index (Phi) is 6.43. The molecule has 0 bridgehead atoms. The average molecular weight is 285 g/mol. The maximum Gasteiger partial charge on any atom is 0.224 e. The van der Waals surface area contributed by atoms with Gasteiger partial charge >= 0.3 is 0 Å². The highest BCUT2D eigenvalue weighted by atomic mass is 16.3. The molecule has 1 aliphatic heterocycles. The van der Waals surface area contributed by atoms with Crippen LogP contribution < -0.4 is 5.73 Å². The minimum atomic E-state index is -0.151. The van der Waals surface area contributed by atoms with Crippen molar-refractivity contribution < 1.29 is 9.90 Å². The van der Waals surface area contributed by atoms with Crippen LogP contribution in [0.3, 0.4) is 0 Å². The van der Waals surface area contributed by atoms with Gasteiger partial charge in [-0.1, -0.05) is 20.8 Å². The summed E-state index contributed by atoms with van der Waals surface area (Å²) in [5.41, 5.74) is 6.04. The van der Waals surface area contributed by atoms with Crippen molar-refractivity contribution in [2.75, 3.05) is 33.3 Å². The Bertz CT molecular complexity index is 307. The van der Waals surface area contributed by atoms with Crippen LogP contribution in [-0.4, -0.2) is 66.2 Å². The molecule has 1 unspecified atom stereocenters. The number of aliphatic hydroxyl groups excluding tert-OH is 1. The van der Waals surface area contributed by atoms with E-state index in [1.165, 1.54) is 0 Å². The first-order chi connectivity index (χ1) is 9.25. The van der Waals surface area contributed by atoms with Gasteiger partial charge < -0.3 is 20.6 Å². The lowest BCUT2D eigenvalue weighted by molar-refractivity contribution is -0.136. The SMILES string of the molecule is CN1CCC(N(CCO)C(=O)CC(N)C(C)(C)C)CC1. The predicted molar refractivity (Wildman–Crippen MR) is 81.4 cm³/mol. The van der Waals surface area contributed by atoms with Crippen LogP contribution in [0, 0.1) is 5.41 Å². The van der Waals surface area contributed by atoms with E-state index in [0.29, 0.717) is 13.0 Å². The van der Waals surface area contributed by atoms with Gasteiger partial charge in [-0.25, -0.2) is 0 Å². The van der Waals surface area contributed by atoms with Gasteiger partial charge in [0.15, 0.2) is 0 Å². The molecule has 1 saturated heterocycles. The molecule has 118 valence electrons. The number of hydrogen-bond donors (Lipinski definition) is 2. The Morgan fingerprint density at radius 3 is 2.40 bits per heavy atom. The molecule has 0 aromatic heterocycles. The zero-order valence-electron chi connectivity index (χ0n) is 13.4. The number of carbonyl (C=O) groups excluding carboxylic acids is 1. The summed E-state index contributed by atoms with van der Waals surface area (Å²) in [4.78, 5) is 16.6. The van der Waals surface area contributed by atoms with Crippen molar-refractivity contribution in [2.45, 2.75) is 52.1 Å². The summed E-state index contributed by atoms with van der Waals surface area (Å²) < 4.78 is 0. The van der Waals surface area contributed by atoms with Gasteiger partial charge in [-0.05, 0) is 38.4 Å². The van der Waals surface area contributed by atoms with E-state index in [-0.39, 0.29) is 30.0 Å². The van der Waals surface area contributed by atoms with Gasteiger partial charge in [-0.2, -0.15) is 0 Å². The minimum absolute atomic E-state index is 0.0167. The number of rotatable bonds is 5. The molecule has 1 aliphatic rings. The van der Waals surface area contributed by atoms with Crippen molar-refractivity contribution in [1.82, 2.24) is 9.80 Å². The molecule has 20 heavy (non-hydrogen) atoms. The fraction of sp³-hybridized carbons (Fsp3) is 0.933. The van der Waals surface area contributed by atoms with E-state index >= 15 is 0 Å². The zero-order chi connectivity index (χ0) is 15.3. The van der Waals surface area contributed by atoms with Gasteiger partial charge in [-0.15, -0.1) is 0 Å². The Labute approximate surface area is 123 Å². The topological polar surface area (TPSA) is 69.8 Å². The van der Waals surface area contributed by atoms with E-state index in [9.17, 15) is 9.90 Å². The van der Waals surface area contributed by atoms with E-state index in [2.05, 4.69) is 32.7 Å². The first-order valence-corrected chi connectivity index (χ1v) is 7.60. The summed E-state index contributed by atoms with van der Waals surface area (Å²) in [6.45, 7) is 8.61. The Morgan fingerprint density at radius 2 is 1.95 bits per heavy atom. The molecule has 1 fully saturated rings. The summed E-state index contributed by atoms with van der Waals surface area (Å²) in [5.74, 6) is 0.0797. The molecule has 5 heteroatoms. The maximum absolute atomic E-state index is 12.5. The quantitative estimate of drug-likeness (QED) is 0.779. The van der Waals surface area contributed by atoms with Crippen molar-refractivity contribution in [2.24, 2.45) is 11.1 Å². The summed E-state index contributed by atoms with van der Waals surface area (Å²) in [6, 6.07) is 0.0977. The van der Waals surface area contributed by atoms with Crippen molar-refractivity contribution in [1.29, 1.82) is 0 Å². The molecule has 0 aliphatic carbocycles. The van der Waals surface area contributed by atoms with Gasteiger partial charge in [-0.3, -0.25) is 4.79 Å². The van der Waals surface area contributed by atoms with Gasteiger partial charge in [0.2, 0.25) is 5.91 Å². The largest absolute Gasteiger partial charge is 0.395 e. The number of likely N-dealkylation sites (tertiary alicyclic amines) is 1. The summed E-state index contributed by atoms with van der Waals surface area (Å²) in [6.07, 6.45) is 2.32. The second-order valence-corrected chi connectivity index (χ2v) is 7.02. The van der Waals surface area contributed by atoms with Gasteiger partial charge in [0, 0.05) is 25.0 Å². The van der Waals surface area contributed by atoms with E-state index < -0.39 is 0 Å². The normalized spacial score (nSPS) is 19.9. The molecule has 5 nitrogen and oxygen atoms in total. The lowest BCUT2D eigenvalue weighted by Crippen LogP contribution is -2.50. The Morgan fingerprint density at radius 1 is 1.40 bits per heavy atom. The van der Waals surface area contributed by atoms with Crippen molar-refractivity contribution in [3.05, 3.63) is 0 Å². The van der Waals surface area contributed by atoms with Crippen molar-refractivity contribution >= 4 is 5.91 Å². The van der Waals surface area contributed by atoms with Gasteiger partial charge in [0.05, 0.1) is 6.61 Å². The second-order valence-electron chi connectivity index (χ2n) is 7.02. The van der Waals surface area contributed by atoms with Crippen LogP contribution >= 0.6 is 0 Å². The second kappa shape index (κ2) is 7.38. The zero-order valence-corrected chi connectivity index (χ0v) is 13.4. The Hall–Kier alpha value is -0.650. The molecule has 1 rings (SSSR count). The summed E-state index contributed by atoms with van der Waals surface area (Å²) in [7, 11) is 2.10.